The van der Waals surface area contributed by atoms with Gasteiger partial charge in [0.15, 0.2) is 11.5 Å². The van der Waals surface area contributed by atoms with Crippen LogP contribution in [0.2, 0.25) is 5.02 Å². The lowest BCUT2D eigenvalue weighted by Crippen LogP contribution is -2.43. The highest BCUT2D eigenvalue weighted by Gasteiger charge is 2.24. The summed E-state index contributed by atoms with van der Waals surface area (Å²) in [7, 11) is 3.41. The van der Waals surface area contributed by atoms with Crippen LogP contribution >= 0.6 is 24.0 Å². The molecule has 1 N–H and O–H groups in total. The molecule has 0 spiro atoms. The van der Waals surface area contributed by atoms with Gasteiger partial charge in [-0.05, 0) is 44.5 Å². The number of hydrogen-bond acceptors (Lipinski definition) is 4. The van der Waals surface area contributed by atoms with Crippen LogP contribution in [0, 0.1) is 0 Å². The van der Waals surface area contributed by atoms with E-state index in [2.05, 4.69) is 12.2 Å². The number of carbonyl (C=O) groups is 1. The van der Waals surface area contributed by atoms with E-state index in [0.29, 0.717) is 28.7 Å². The quantitative estimate of drug-likeness (QED) is 0.719. The highest BCUT2D eigenvalue weighted by atomic mass is 35.5. The highest BCUT2D eigenvalue weighted by Crippen LogP contribution is 2.37. The molecule has 1 aliphatic rings. The van der Waals surface area contributed by atoms with Crippen molar-refractivity contribution in [3.05, 3.63) is 22.7 Å². The van der Waals surface area contributed by atoms with Gasteiger partial charge < -0.3 is 19.7 Å². The zero-order chi connectivity index (χ0) is 17.5. The van der Waals surface area contributed by atoms with Crippen molar-refractivity contribution < 1.29 is 14.3 Å². The number of unbranched alkanes of at least 4 members (excludes halogenated alkanes) is 1. The SMILES string of the molecule is CCCCOc1c(Cl)cc(C(=O)N(C)C2CCNCC2)cc1OC.Cl. The summed E-state index contributed by atoms with van der Waals surface area (Å²) in [4.78, 5) is 14.6. The molecule has 1 aromatic carbocycles. The third kappa shape index (κ3) is 5.66. The van der Waals surface area contributed by atoms with Crippen molar-refractivity contribution in [2.24, 2.45) is 0 Å². The number of amides is 1. The highest BCUT2D eigenvalue weighted by molar-refractivity contribution is 6.32. The maximum Gasteiger partial charge on any atom is 0.254 e. The van der Waals surface area contributed by atoms with Crippen molar-refractivity contribution >= 4 is 29.9 Å². The van der Waals surface area contributed by atoms with E-state index in [0.717, 1.165) is 38.8 Å². The lowest BCUT2D eigenvalue weighted by molar-refractivity contribution is 0.0703. The third-order valence-corrected chi connectivity index (χ3v) is 4.68. The van der Waals surface area contributed by atoms with E-state index in [1.165, 1.54) is 0 Å². The summed E-state index contributed by atoms with van der Waals surface area (Å²) in [5, 5.41) is 3.72. The van der Waals surface area contributed by atoms with Crippen LogP contribution in [0.5, 0.6) is 11.5 Å². The average Bonchev–Trinajstić information content (AvgIpc) is 2.62. The fourth-order valence-electron chi connectivity index (χ4n) is 2.87. The summed E-state index contributed by atoms with van der Waals surface area (Å²) in [5.41, 5.74) is 0.528. The number of carbonyl (C=O) groups excluding carboxylic acids is 1. The molecule has 1 fully saturated rings. The van der Waals surface area contributed by atoms with Crippen molar-refractivity contribution in [1.82, 2.24) is 10.2 Å². The summed E-state index contributed by atoms with van der Waals surface area (Å²) in [5.74, 6) is 0.969. The Bertz CT molecular complexity index is 563. The van der Waals surface area contributed by atoms with Crippen molar-refractivity contribution in [3.63, 3.8) is 0 Å². The molecule has 1 aliphatic heterocycles. The number of rotatable bonds is 7. The third-order valence-electron chi connectivity index (χ3n) is 4.40. The molecule has 0 saturated carbocycles. The minimum absolute atomic E-state index is 0. The number of halogens is 2. The van der Waals surface area contributed by atoms with Crippen LogP contribution in [0.4, 0.5) is 0 Å². The molecule has 0 radical (unpaired) electrons. The molecule has 1 saturated heterocycles. The van der Waals surface area contributed by atoms with Crippen molar-refractivity contribution in [1.29, 1.82) is 0 Å². The summed E-state index contributed by atoms with van der Waals surface area (Å²) in [6.45, 7) is 4.56. The van der Waals surface area contributed by atoms with Crippen LogP contribution in [0.1, 0.15) is 43.0 Å². The Labute approximate surface area is 161 Å². The molecule has 5 nitrogen and oxygen atoms in total. The Morgan fingerprint density at radius 2 is 2.04 bits per heavy atom. The van der Waals surface area contributed by atoms with Gasteiger partial charge in [-0.3, -0.25) is 4.79 Å². The molecule has 2 rings (SSSR count). The van der Waals surface area contributed by atoms with Crippen LogP contribution in [-0.4, -0.2) is 50.7 Å². The van der Waals surface area contributed by atoms with Gasteiger partial charge in [-0.15, -0.1) is 12.4 Å². The number of benzene rings is 1. The summed E-state index contributed by atoms with van der Waals surface area (Å²) in [6.07, 6.45) is 3.91. The van der Waals surface area contributed by atoms with Gasteiger partial charge in [0.1, 0.15) is 0 Å². The second kappa shape index (κ2) is 10.7. The van der Waals surface area contributed by atoms with E-state index in [9.17, 15) is 4.79 Å². The maximum atomic E-state index is 12.8. The first kappa shape index (κ1) is 21.9. The average molecular weight is 391 g/mol. The molecule has 7 heteroatoms. The van der Waals surface area contributed by atoms with E-state index in [-0.39, 0.29) is 24.4 Å². The normalized spacial score (nSPS) is 14.6. The first-order valence-corrected chi connectivity index (χ1v) is 8.94. The minimum atomic E-state index is -0.0396. The number of hydrogen-bond donors (Lipinski definition) is 1. The molecule has 0 aliphatic carbocycles. The van der Waals surface area contributed by atoms with Gasteiger partial charge in [0.2, 0.25) is 0 Å². The molecule has 142 valence electrons. The lowest BCUT2D eigenvalue weighted by Gasteiger charge is -2.31. The Kier molecular flexibility index (Phi) is 9.39. The van der Waals surface area contributed by atoms with E-state index in [4.69, 9.17) is 21.1 Å². The number of nitrogens with one attached hydrogen (secondary N) is 1. The zero-order valence-corrected chi connectivity index (χ0v) is 16.7. The number of ether oxygens (including phenoxy) is 2. The van der Waals surface area contributed by atoms with E-state index in [1.54, 1.807) is 19.2 Å². The molecule has 1 aromatic rings. The summed E-state index contributed by atoms with van der Waals surface area (Å²) >= 11 is 6.34. The summed E-state index contributed by atoms with van der Waals surface area (Å²) in [6, 6.07) is 3.64. The van der Waals surface area contributed by atoms with Crippen LogP contribution in [-0.2, 0) is 0 Å². The van der Waals surface area contributed by atoms with Crippen molar-refractivity contribution in [3.8, 4) is 11.5 Å². The van der Waals surface area contributed by atoms with Crippen LogP contribution in [0.3, 0.4) is 0 Å². The predicted octanol–water partition coefficient (Wildman–Crippen LogP) is 3.77. The predicted molar refractivity (Wildman–Crippen MR) is 104 cm³/mol. The van der Waals surface area contributed by atoms with Gasteiger partial charge in [-0.25, -0.2) is 0 Å². The molecule has 25 heavy (non-hydrogen) atoms. The minimum Gasteiger partial charge on any atom is -0.493 e. The fraction of sp³-hybridized carbons (Fsp3) is 0.611. The van der Waals surface area contributed by atoms with Gasteiger partial charge in [0, 0.05) is 18.7 Å². The van der Waals surface area contributed by atoms with E-state index < -0.39 is 0 Å². The Morgan fingerprint density at radius 1 is 1.36 bits per heavy atom. The Balaban J connectivity index is 0.00000312. The van der Waals surface area contributed by atoms with Gasteiger partial charge in [0.25, 0.3) is 5.91 Å². The van der Waals surface area contributed by atoms with E-state index in [1.807, 2.05) is 11.9 Å². The second-order valence-corrected chi connectivity index (χ2v) is 6.50. The van der Waals surface area contributed by atoms with Gasteiger partial charge in [-0.2, -0.15) is 0 Å². The first-order chi connectivity index (χ1) is 11.6. The van der Waals surface area contributed by atoms with Crippen molar-refractivity contribution in [2.75, 3.05) is 33.9 Å². The molecular weight excluding hydrogens is 363 g/mol. The second-order valence-electron chi connectivity index (χ2n) is 6.09. The van der Waals surface area contributed by atoms with Crippen LogP contribution < -0.4 is 14.8 Å². The molecular formula is C18H28Cl2N2O3. The lowest BCUT2D eigenvalue weighted by atomic mass is 10.0. The zero-order valence-electron chi connectivity index (χ0n) is 15.1. The Hall–Kier alpha value is -1.17. The molecule has 1 amide bonds. The molecule has 0 atom stereocenters. The first-order valence-electron chi connectivity index (χ1n) is 8.56. The molecule has 0 aromatic heterocycles. The van der Waals surface area contributed by atoms with Crippen LogP contribution in [0.15, 0.2) is 12.1 Å². The maximum absolute atomic E-state index is 12.8. The van der Waals surface area contributed by atoms with Crippen molar-refractivity contribution in [2.45, 2.75) is 38.6 Å². The standard InChI is InChI=1S/C18H27ClN2O3.ClH/c1-4-5-10-24-17-15(19)11-13(12-16(17)23-3)18(22)21(2)14-6-8-20-9-7-14;/h11-12,14,20H,4-10H2,1-3H3;1H. The number of piperidine rings is 1. The molecule has 1 heterocycles. The fourth-order valence-corrected chi connectivity index (χ4v) is 3.13. The smallest absolute Gasteiger partial charge is 0.254 e. The van der Waals surface area contributed by atoms with E-state index >= 15 is 0 Å². The number of methoxy groups -OCH3 is 1. The monoisotopic (exact) mass is 390 g/mol. The molecule has 0 unspecified atom stereocenters. The Morgan fingerprint density at radius 3 is 2.64 bits per heavy atom. The van der Waals surface area contributed by atoms with Gasteiger partial charge >= 0.3 is 0 Å². The number of nitrogens with zero attached hydrogens (tertiary/aromatic N) is 1. The van der Waals surface area contributed by atoms with Gasteiger partial charge in [0.05, 0.1) is 18.7 Å². The topological polar surface area (TPSA) is 50.8 Å². The van der Waals surface area contributed by atoms with Gasteiger partial charge in [-0.1, -0.05) is 24.9 Å². The molecule has 0 bridgehead atoms. The summed E-state index contributed by atoms with van der Waals surface area (Å²) < 4.78 is 11.1. The largest absolute Gasteiger partial charge is 0.493 e. The van der Waals surface area contributed by atoms with Crippen LogP contribution in [0.25, 0.3) is 0 Å².